The maximum atomic E-state index is 12.8. The van der Waals surface area contributed by atoms with Crippen molar-refractivity contribution in [3.05, 3.63) is 17.7 Å². The van der Waals surface area contributed by atoms with Crippen LogP contribution >= 0.6 is 0 Å². The first kappa shape index (κ1) is 17.5. The maximum Gasteiger partial charge on any atom is 0.274 e. The molecule has 0 bridgehead atoms. The van der Waals surface area contributed by atoms with E-state index in [2.05, 4.69) is 20.2 Å². The smallest absolute Gasteiger partial charge is 0.274 e. The fourth-order valence-corrected chi connectivity index (χ4v) is 4.84. The number of nitrogens with one attached hydrogen (secondary N) is 2. The average Bonchev–Trinajstić information content (AvgIpc) is 3.10. The van der Waals surface area contributed by atoms with Crippen molar-refractivity contribution in [3.8, 4) is 0 Å². The molecule has 0 spiro atoms. The van der Waals surface area contributed by atoms with Gasteiger partial charge in [0.2, 0.25) is 5.91 Å². The van der Waals surface area contributed by atoms with Gasteiger partial charge >= 0.3 is 0 Å². The first-order chi connectivity index (χ1) is 12.6. The standard InChI is InChI=1S/C19H29N5O2/c1-13-18(22-12-21-13)19(26)23-9-6-16-15(11-23)2-3-17(25)24(16)10-14-4-7-20-8-5-14/h12,14-16,20H,2-11H2,1H3,(H,21,22)/t15-,16+/m0/s1. The minimum absolute atomic E-state index is 0.0176. The predicted octanol–water partition coefficient (Wildman–Crippen LogP) is 1.17. The summed E-state index contributed by atoms with van der Waals surface area (Å²) in [5.41, 5.74) is 1.35. The summed E-state index contributed by atoms with van der Waals surface area (Å²) >= 11 is 0. The van der Waals surface area contributed by atoms with Gasteiger partial charge in [-0.2, -0.15) is 0 Å². The van der Waals surface area contributed by atoms with Crippen molar-refractivity contribution in [2.45, 2.75) is 45.1 Å². The van der Waals surface area contributed by atoms with E-state index in [0.717, 1.165) is 57.6 Å². The number of likely N-dealkylation sites (tertiary alicyclic amines) is 2. The second-order valence-electron chi connectivity index (χ2n) is 8.02. The number of carbonyl (C=O) groups excluding carboxylic acids is 2. The topological polar surface area (TPSA) is 81.3 Å². The second kappa shape index (κ2) is 7.39. The van der Waals surface area contributed by atoms with E-state index in [1.54, 1.807) is 6.33 Å². The highest BCUT2D eigenvalue weighted by Gasteiger charge is 2.41. The largest absolute Gasteiger partial charge is 0.348 e. The van der Waals surface area contributed by atoms with Gasteiger partial charge in [-0.1, -0.05) is 0 Å². The quantitative estimate of drug-likeness (QED) is 0.849. The molecule has 3 aliphatic heterocycles. The number of H-pyrrole nitrogens is 1. The zero-order valence-electron chi connectivity index (χ0n) is 15.5. The lowest BCUT2D eigenvalue weighted by Gasteiger charge is -2.48. The number of rotatable bonds is 3. The number of hydrogen-bond donors (Lipinski definition) is 2. The zero-order chi connectivity index (χ0) is 18.1. The molecule has 142 valence electrons. The number of piperidine rings is 3. The van der Waals surface area contributed by atoms with Gasteiger partial charge in [0.15, 0.2) is 0 Å². The number of aromatic amines is 1. The summed E-state index contributed by atoms with van der Waals surface area (Å²) in [5.74, 6) is 1.34. The van der Waals surface area contributed by atoms with Crippen LogP contribution in [0.25, 0.3) is 0 Å². The summed E-state index contributed by atoms with van der Waals surface area (Å²) < 4.78 is 0. The van der Waals surface area contributed by atoms with Gasteiger partial charge in [-0.3, -0.25) is 9.59 Å². The van der Waals surface area contributed by atoms with Crippen LogP contribution in [0.4, 0.5) is 0 Å². The molecule has 2 N–H and O–H groups in total. The van der Waals surface area contributed by atoms with Crippen LogP contribution in [0.3, 0.4) is 0 Å². The summed E-state index contributed by atoms with van der Waals surface area (Å²) in [6.07, 6.45) is 6.30. The van der Waals surface area contributed by atoms with E-state index >= 15 is 0 Å². The average molecular weight is 359 g/mol. The molecule has 1 aromatic heterocycles. The fraction of sp³-hybridized carbons (Fsp3) is 0.737. The van der Waals surface area contributed by atoms with E-state index in [4.69, 9.17) is 0 Å². The SMILES string of the molecule is Cc1[nH]cnc1C(=O)N1CC[C@@H]2[C@@H](CCC(=O)N2CC2CCNCC2)C1. The van der Waals surface area contributed by atoms with E-state index in [-0.39, 0.29) is 5.91 Å². The predicted molar refractivity (Wildman–Crippen MR) is 97.7 cm³/mol. The first-order valence-corrected chi connectivity index (χ1v) is 9.93. The van der Waals surface area contributed by atoms with Gasteiger partial charge in [0.05, 0.1) is 6.33 Å². The summed E-state index contributed by atoms with van der Waals surface area (Å²) in [4.78, 5) is 36.6. The number of nitrogens with zero attached hydrogens (tertiary/aromatic N) is 3. The van der Waals surface area contributed by atoms with Gasteiger partial charge in [-0.15, -0.1) is 0 Å². The molecule has 2 atom stereocenters. The summed E-state index contributed by atoms with van der Waals surface area (Å²) in [5, 5.41) is 3.40. The third kappa shape index (κ3) is 3.37. The lowest BCUT2D eigenvalue weighted by atomic mass is 9.82. The van der Waals surface area contributed by atoms with E-state index in [9.17, 15) is 9.59 Å². The van der Waals surface area contributed by atoms with Crippen LogP contribution in [0.15, 0.2) is 6.33 Å². The van der Waals surface area contributed by atoms with E-state index < -0.39 is 0 Å². The molecule has 2 amide bonds. The summed E-state index contributed by atoms with van der Waals surface area (Å²) in [6, 6.07) is 0.301. The van der Waals surface area contributed by atoms with Crippen molar-refractivity contribution in [1.29, 1.82) is 0 Å². The number of fused-ring (bicyclic) bond motifs is 1. The monoisotopic (exact) mass is 359 g/mol. The van der Waals surface area contributed by atoms with Crippen LogP contribution in [0.2, 0.25) is 0 Å². The number of aromatic nitrogens is 2. The zero-order valence-corrected chi connectivity index (χ0v) is 15.5. The number of carbonyl (C=O) groups is 2. The van der Waals surface area contributed by atoms with Crippen LogP contribution in [-0.4, -0.2) is 70.3 Å². The number of amides is 2. The molecular weight excluding hydrogens is 330 g/mol. The molecule has 0 saturated carbocycles. The van der Waals surface area contributed by atoms with Crippen LogP contribution in [0.5, 0.6) is 0 Å². The Bertz CT molecular complexity index is 667. The van der Waals surface area contributed by atoms with Crippen molar-refractivity contribution in [2.75, 3.05) is 32.7 Å². The lowest BCUT2D eigenvalue weighted by molar-refractivity contribution is -0.141. The molecule has 7 heteroatoms. The number of hydrogen-bond acceptors (Lipinski definition) is 4. The Morgan fingerprint density at radius 3 is 2.81 bits per heavy atom. The van der Waals surface area contributed by atoms with Gasteiger partial charge in [-0.25, -0.2) is 4.98 Å². The molecule has 0 unspecified atom stereocenters. The third-order valence-electron chi connectivity index (χ3n) is 6.38. The molecule has 0 radical (unpaired) electrons. The van der Waals surface area contributed by atoms with Crippen molar-refractivity contribution < 1.29 is 9.59 Å². The highest BCUT2D eigenvalue weighted by molar-refractivity contribution is 5.93. The van der Waals surface area contributed by atoms with Gasteiger partial charge in [0.1, 0.15) is 5.69 Å². The highest BCUT2D eigenvalue weighted by atomic mass is 16.2. The minimum Gasteiger partial charge on any atom is -0.348 e. The molecule has 0 aliphatic carbocycles. The maximum absolute atomic E-state index is 12.8. The van der Waals surface area contributed by atoms with Gasteiger partial charge < -0.3 is 20.1 Å². The van der Waals surface area contributed by atoms with Crippen LogP contribution in [-0.2, 0) is 4.79 Å². The minimum atomic E-state index is 0.0176. The lowest BCUT2D eigenvalue weighted by Crippen LogP contribution is -2.58. The Hall–Kier alpha value is -1.89. The van der Waals surface area contributed by atoms with Crippen LogP contribution in [0, 0.1) is 18.8 Å². The molecule has 3 fully saturated rings. The summed E-state index contributed by atoms with van der Waals surface area (Å²) in [6.45, 7) is 6.35. The molecular formula is C19H29N5O2. The Morgan fingerprint density at radius 1 is 1.27 bits per heavy atom. The van der Waals surface area contributed by atoms with Crippen molar-refractivity contribution in [1.82, 2.24) is 25.1 Å². The van der Waals surface area contributed by atoms with Gasteiger partial charge in [0.25, 0.3) is 5.91 Å². The second-order valence-corrected chi connectivity index (χ2v) is 8.02. The molecule has 3 aliphatic rings. The molecule has 4 rings (SSSR count). The fourth-order valence-electron chi connectivity index (χ4n) is 4.84. The molecule has 26 heavy (non-hydrogen) atoms. The molecule has 7 nitrogen and oxygen atoms in total. The molecule has 1 aromatic rings. The Kier molecular flexibility index (Phi) is 4.98. The first-order valence-electron chi connectivity index (χ1n) is 9.93. The molecule has 0 aromatic carbocycles. The normalized spacial score (nSPS) is 27.5. The Labute approximate surface area is 154 Å². The third-order valence-corrected chi connectivity index (χ3v) is 6.38. The Morgan fingerprint density at radius 2 is 2.08 bits per heavy atom. The number of imidazole rings is 1. The van der Waals surface area contributed by atoms with Crippen LogP contribution < -0.4 is 5.32 Å². The van der Waals surface area contributed by atoms with Gasteiger partial charge in [-0.05, 0) is 57.5 Å². The van der Waals surface area contributed by atoms with Crippen molar-refractivity contribution >= 4 is 11.8 Å². The molecule has 3 saturated heterocycles. The van der Waals surface area contributed by atoms with Crippen molar-refractivity contribution in [3.63, 3.8) is 0 Å². The number of aryl methyl sites for hydroxylation is 1. The Balaban J connectivity index is 1.42. The van der Waals surface area contributed by atoms with Crippen molar-refractivity contribution in [2.24, 2.45) is 11.8 Å². The van der Waals surface area contributed by atoms with Gasteiger partial charge in [0, 0.05) is 37.8 Å². The van der Waals surface area contributed by atoms with E-state index in [0.29, 0.717) is 42.4 Å². The summed E-state index contributed by atoms with van der Waals surface area (Å²) in [7, 11) is 0. The van der Waals surface area contributed by atoms with E-state index in [1.807, 2.05) is 11.8 Å². The van der Waals surface area contributed by atoms with E-state index in [1.165, 1.54) is 0 Å². The van der Waals surface area contributed by atoms with Crippen LogP contribution in [0.1, 0.15) is 48.3 Å². The molecule has 4 heterocycles. The highest BCUT2D eigenvalue weighted by Crippen LogP contribution is 2.33.